The number of anilines is 9. The Kier molecular flexibility index (Phi) is 17.7. The summed E-state index contributed by atoms with van der Waals surface area (Å²) in [5, 5.41) is 0. The summed E-state index contributed by atoms with van der Waals surface area (Å²) in [5.74, 6) is -0.420. The minimum Gasteiger partial charge on any atom is -0.423 e. The molecule has 0 saturated carbocycles. The number of nitrogens with zero attached hydrogens (tertiary/aromatic N) is 3. The van der Waals surface area contributed by atoms with Gasteiger partial charge in [0, 0.05) is 72.8 Å². The van der Waals surface area contributed by atoms with E-state index in [1.807, 2.05) is 200 Å². The van der Waals surface area contributed by atoms with Gasteiger partial charge in [0.15, 0.2) is 0 Å². The lowest BCUT2D eigenvalue weighted by molar-refractivity contribution is 0.0725. The molecule has 15 aromatic carbocycles. The van der Waals surface area contributed by atoms with Crippen LogP contribution in [0.3, 0.4) is 0 Å². The van der Waals surface area contributed by atoms with Crippen molar-refractivity contribution in [2.24, 2.45) is 0 Å². The zero-order valence-corrected chi connectivity index (χ0v) is 63.9. The van der Waals surface area contributed by atoms with Crippen molar-refractivity contribution >= 4 is 69.1 Å². The molecule has 0 fully saturated rings. The molecule has 0 bridgehead atoms. The highest BCUT2D eigenvalue weighted by Crippen LogP contribution is 2.55. The third-order valence-electron chi connectivity index (χ3n) is 23.5. The third kappa shape index (κ3) is 12.6. The average Bonchev–Trinajstić information content (AvgIpc) is 1.35. The minimum absolute atomic E-state index is 0.188. The van der Waals surface area contributed by atoms with Crippen molar-refractivity contribution in [2.75, 3.05) is 14.7 Å². The van der Waals surface area contributed by atoms with Crippen LogP contribution in [0, 0.1) is 0 Å². The van der Waals surface area contributed by atoms with Gasteiger partial charge in [0.25, 0.3) is 0 Å². The number of hydrogen-bond acceptors (Lipinski definition) is 9. The molecule has 3 aliphatic carbocycles. The monoisotopic (exact) mass is 1470 g/mol. The van der Waals surface area contributed by atoms with Crippen molar-refractivity contribution in [3.05, 3.63) is 431 Å². The summed E-state index contributed by atoms with van der Waals surface area (Å²) in [6.45, 7) is 15.8. The Morgan fingerprint density at radius 3 is 0.699 bits per heavy atom. The van der Waals surface area contributed by atoms with Gasteiger partial charge in [-0.3, -0.25) is 0 Å². The fraction of sp³-hybridized carbons (Fsp3) is 0.106. The van der Waals surface area contributed by atoms with E-state index in [1.54, 1.807) is 0 Å². The van der Waals surface area contributed by atoms with Gasteiger partial charge in [0.2, 0.25) is 0 Å². The van der Waals surface area contributed by atoms with Gasteiger partial charge in [-0.1, -0.05) is 224 Å². The summed E-state index contributed by atoms with van der Waals surface area (Å²) in [5.41, 5.74) is 26.2. The van der Waals surface area contributed by atoms with Gasteiger partial charge in [0.05, 0.1) is 16.7 Å². The summed E-state index contributed by atoms with van der Waals surface area (Å²) >= 11 is 0. The lowest BCUT2D eigenvalue weighted by Crippen LogP contribution is -2.25. The van der Waals surface area contributed by atoms with Crippen LogP contribution < -0.4 is 28.9 Å². The number of carbonyl (C=O) groups is 3. The number of ether oxygens (including phenoxy) is 3. The van der Waals surface area contributed by atoms with Crippen LogP contribution in [-0.4, -0.2) is 17.9 Å². The largest absolute Gasteiger partial charge is 0.423 e. The number of carbonyl (C=O) groups excluding carboxylic acids is 3. The standard InChI is InChI=1S/C104H81N3O6/c1-101(2)92-32-20-17-29-86(92)89-62-53-80(65-95(89)101)105(74-23-11-8-12-24-74)77-47-35-68(36-48-77)98(108)111-83-56-41-71(42-57-83)104(7,72-43-58-84(59-44-72)112-99(109)69-37-49-78(50-38-69)106(75-25-13-9-14-26-75)81-54-63-90-87-30-18-21-33-93(87)102(3,4)96(90)66-81)73-45-60-85(61-46-73)113-100(110)70-39-51-79(52-40-70)107(76-27-15-10-16-28-76)82-55-64-91-88-31-19-22-34-94(88)103(5,6)97(91)67-82/h8-67H,1-7H3. The summed E-state index contributed by atoms with van der Waals surface area (Å²) in [4.78, 5) is 49.3. The van der Waals surface area contributed by atoms with Gasteiger partial charge in [-0.25, -0.2) is 14.4 Å². The average molecular weight is 1470 g/mol. The normalized spacial score (nSPS) is 13.4. The van der Waals surface area contributed by atoms with Crippen LogP contribution in [0.1, 0.15) is 130 Å². The Labute approximate surface area is 659 Å². The Balaban J connectivity index is 0.609. The molecular weight excluding hydrogens is 1390 g/mol. The highest BCUT2D eigenvalue weighted by atomic mass is 16.5. The van der Waals surface area contributed by atoms with Crippen molar-refractivity contribution in [1.82, 2.24) is 0 Å². The van der Waals surface area contributed by atoms with Crippen LogP contribution in [0.4, 0.5) is 51.2 Å². The van der Waals surface area contributed by atoms with Crippen molar-refractivity contribution in [1.29, 1.82) is 0 Å². The fourth-order valence-corrected chi connectivity index (χ4v) is 17.4. The van der Waals surface area contributed by atoms with Crippen LogP contribution in [-0.2, 0) is 21.7 Å². The van der Waals surface area contributed by atoms with Crippen molar-refractivity contribution in [3.8, 4) is 50.6 Å². The molecule has 0 atom stereocenters. The molecule has 0 spiro atoms. The Morgan fingerprint density at radius 2 is 0.442 bits per heavy atom. The molecule has 18 rings (SSSR count). The maximum absolute atomic E-state index is 14.2. The van der Waals surface area contributed by atoms with Crippen molar-refractivity contribution in [3.63, 3.8) is 0 Å². The highest BCUT2D eigenvalue weighted by molar-refractivity contribution is 5.96. The van der Waals surface area contributed by atoms with E-state index in [-0.39, 0.29) is 16.2 Å². The molecule has 0 unspecified atom stereocenters. The molecule has 0 aliphatic heterocycles. The predicted molar refractivity (Wildman–Crippen MR) is 456 cm³/mol. The topological polar surface area (TPSA) is 88.6 Å². The van der Waals surface area contributed by atoms with Gasteiger partial charge < -0.3 is 28.9 Å². The van der Waals surface area contributed by atoms with Crippen LogP contribution in [0.15, 0.2) is 364 Å². The summed E-state index contributed by atoms with van der Waals surface area (Å²) in [7, 11) is 0. The second-order valence-electron chi connectivity index (χ2n) is 31.2. The van der Waals surface area contributed by atoms with Crippen LogP contribution in [0.25, 0.3) is 33.4 Å². The number of hydrogen-bond donors (Lipinski definition) is 0. The second kappa shape index (κ2) is 28.2. The molecule has 9 nitrogen and oxygen atoms in total. The van der Waals surface area contributed by atoms with Gasteiger partial charge in [-0.05, 0) is 272 Å². The van der Waals surface area contributed by atoms with Gasteiger partial charge >= 0.3 is 17.9 Å². The van der Waals surface area contributed by atoms with Crippen LogP contribution in [0.5, 0.6) is 17.2 Å². The molecule has 0 aromatic heterocycles. The maximum Gasteiger partial charge on any atom is 0.343 e. The number of rotatable bonds is 18. The van der Waals surface area contributed by atoms with E-state index in [0.29, 0.717) is 33.9 Å². The quantitative estimate of drug-likeness (QED) is 0.0473. The molecule has 9 heteroatoms. The lowest BCUT2D eigenvalue weighted by atomic mass is 9.71. The summed E-state index contributed by atoms with van der Waals surface area (Å²) < 4.78 is 18.5. The first kappa shape index (κ1) is 70.8. The SMILES string of the molecule is CC1(C)c2ccccc2-c2ccc(N(c3ccccc3)c3ccc(C(=O)Oc4ccc(C(C)(c5ccc(OC(=O)c6ccc(N(c7ccccc7)c7ccc8c(c7)C(C)(C)c7ccccc7-8)cc6)cc5)c5ccc(OC(=O)c6ccc(N(c7ccccc7)c7ccc8c(c7)C(C)(C)c7ccccc7-8)cc6)cc5)cc4)cc3)cc21. The fourth-order valence-electron chi connectivity index (χ4n) is 17.4. The maximum atomic E-state index is 14.2. The zero-order valence-electron chi connectivity index (χ0n) is 63.9. The van der Waals surface area contributed by atoms with Gasteiger partial charge in [0.1, 0.15) is 17.2 Å². The first-order valence-electron chi connectivity index (χ1n) is 38.5. The van der Waals surface area contributed by atoms with E-state index in [4.69, 9.17) is 14.2 Å². The number of para-hydroxylation sites is 3. The van der Waals surface area contributed by atoms with E-state index in [0.717, 1.165) is 67.9 Å². The molecule has 0 saturated heterocycles. The third-order valence-corrected chi connectivity index (χ3v) is 23.5. The zero-order chi connectivity index (χ0) is 77.3. The minimum atomic E-state index is -0.870. The van der Waals surface area contributed by atoms with E-state index >= 15 is 0 Å². The Bertz CT molecular complexity index is 5560. The number of esters is 3. The second-order valence-corrected chi connectivity index (χ2v) is 31.2. The van der Waals surface area contributed by atoms with Crippen molar-refractivity contribution < 1.29 is 28.6 Å². The van der Waals surface area contributed by atoms with Crippen LogP contribution in [0.2, 0.25) is 0 Å². The first-order valence-corrected chi connectivity index (χ1v) is 38.5. The van der Waals surface area contributed by atoms with E-state index in [9.17, 15) is 14.4 Å². The highest BCUT2D eigenvalue weighted by Gasteiger charge is 2.40. The molecule has 0 heterocycles. The van der Waals surface area contributed by atoms with Crippen molar-refractivity contribution in [2.45, 2.75) is 70.1 Å². The van der Waals surface area contributed by atoms with Gasteiger partial charge in [-0.15, -0.1) is 0 Å². The smallest absolute Gasteiger partial charge is 0.343 e. The lowest BCUT2D eigenvalue weighted by Gasteiger charge is -2.32. The predicted octanol–water partition coefficient (Wildman–Crippen LogP) is 26.0. The molecule has 113 heavy (non-hydrogen) atoms. The van der Waals surface area contributed by atoms with E-state index in [2.05, 4.69) is 227 Å². The Hall–Kier alpha value is -13.9. The van der Waals surface area contributed by atoms with E-state index < -0.39 is 23.3 Å². The number of benzene rings is 15. The molecular formula is C104H81N3O6. The molecule has 0 N–H and O–H groups in total. The molecule has 15 aromatic rings. The number of fused-ring (bicyclic) bond motifs is 9. The molecule has 3 aliphatic rings. The Morgan fingerprint density at radius 1 is 0.230 bits per heavy atom. The van der Waals surface area contributed by atoms with E-state index in [1.165, 1.54) is 66.8 Å². The van der Waals surface area contributed by atoms with Gasteiger partial charge in [-0.2, -0.15) is 0 Å². The summed E-state index contributed by atoms with van der Waals surface area (Å²) in [6.07, 6.45) is 0. The molecule has 548 valence electrons. The summed E-state index contributed by atoms with van der Waals surface area (Å²) in [6, 6.07) is 122. The first-order chi connectivity index (χ1) is 54.9. The molecule has 0 amide bonds. The van der Waals surface area contributed by atoms with Crippen LogP contribution >= 0.6 is 0 Å². The molecule has 0 radical (unpaired) electrons.